The number of guanidine groups is 1. The Balaban J connectivity index is 1.80. The van der Waals surface area contributed by atoms with Gasteiger partial charge in [-0.25, -0.2) is 0 Å². The number of likely N-dealkylation sites (N-methyl/N-ethyl adjacent to an activating group) is 1. The first kappa shape index (κ1) is 17.8. The zero-order chi connectivity index (χ0) is 17.4. The van der Waals surface area contributed by atoms with Crippen LogP contribution in [0.25, 0.3) is 0 Å². The lowest BCUT2D eigenvalue weighted by Gasteiger charge is -2.22. The number of hydrogen-bond donors (Lipinski definition) is 1. The molecule has 2 rings (SSSR count). The highest BCUT2D eigenvalue weighted by Crippen LogP contribution is 2.11. The van der Waals surface area contributed by atoms with E-state index in [4.69, 9.17) is 4.74 Å². The zero-order valence-electron chi connectivity index (χ0n) is 14.9. The molecule has 0 fully saturated rings. The molecule has 2 aromatic rings. The third kappa shape index (κ3) is 5.26. The van der Waals surface area contributed by atoms with E-state index in [1.807, 2.05) is 36.3 Å². The maximum absolute atomic E-state index is 5.77. The first-order valence-corrected chi connectivity index (χ1v) is 8.12. The maximum atomic E-state index is 5.77. The van der Waals surface area contributed by atoms with Crippen LogP contribution in [0.5, 0.6) is 5.75 Å². The van der Waals surface area contributed by atoms with E-state index in [1.165, 1.54) is 11.1 Å². The average molecular weight is 326 g/mol. The lowest BCUT2D eigenvalue weighted by Crippen LogP contribution is -2.40. The van der Waals surface area contributed by atoms with Gasteiger partial charge in [-0.3, -0.25) is 9.98 Å². The molecule has 0 aliphatic carbocycles. The molecule has 1 heterocycles. The first-order valence-electron chi connectivity index (χ1n) is 8.12. The predicted octanol–water partition coefficient (Wildman–Crippen LogP) is 2.78. The lowest BCUT2D eigenvalue weighted by atomic mass is 10.2. The van der Waals surface area contributed by atoms with Gasteiger partial charge in [-0.05, 0) is 37.6 Å². The van der Waals surface area contributed by atoms with Crippen LogP contribution in [-0.4, -0.2) is 43.1 Å². The molecule has 0 amide bonds. The summed E-state index contributed by atoms with van der Waals surface area (Å²) >= 11 is 0. The van der Waals surface area contributed by atoms with Crippen molar-refractivity contribution in [2.75, 3.05) is 27.2 Å². The van der Waals surface area contributed by atoms with Gasteiger partial charge in [-0.2, -0.15) is 0 Å². The van der Waals surface area contributed by atoms with E-state index in [0.29, 0.717) is 13.2 Å². The molecule has 128 valence electrons. The number of ether oxygens (including phenoxy) is 1. The van der Waals surface area contributed by atoms with Crippen molar-refractivity contribution in [3.63, 3.8) is 0 Å². The Kier molecular flexibility index (Phi) is 6.61. The molecule has 0 saturated heterocycles. The summed E-state index contributed by atoms with van der Waals surface area (Å²) in [5.74, 6) is 1.72. The van der Waals surface area contributed by atoms with E-state index in [-0.39, 0.29) is 0 Å². The summed E-state index contributed by atoms with van der Waals surface area (Å²) in [5, 5.41) is 3.34. The summed E-state index contributed by atoms with van der Waals surface area (Å²) in [7, 11) is 3.78. The van der Waals surface area contributed by atoms with Crippen molar-refractivity contribution in [3.8, 4) is 5.75 Å². The van der Waals surface area contributed by atoms with Crippen LogP contribution in [0.1, 0.15) is 16.8 Å². The number of nitrogens with zero attached hydrogens (tertiary/aromatic N) is 3. The van der Waals surface area contributed by atoms with Gasteiger partial charge >= 0.3 is 0 Å². The van der Waals surface area contributed by atoms with E-state index < -0.39 is 0 Å². The van der Waals surface area contributed by atoms with Crippen molar-refractivity contribution in [1.82, 2.24) is 15.2 Å². The molecule has 0 bridgehead atoms. The molecule has 1 aromatic heterocycles. The molecule has 0 atom stereocenters. The minimum absolute atomic E-state index is 0.600. The lowest BCUT2D eigenvalue weighted by molar-refractivity contribution is 0.281. The monoisotopic (exact) mass is 326 g/mol. The van der Waals surface area contributed by atoms with Crippen LogP contribution in [-0.2, 0) is 6.54 Å². The van der Waals surface area contributed by atoms with Crippen molar-refractivity contribution in [3.05, 3.63) is 59.4 Å². The van der Waals surface area contributed by atoms with Crippen LogP contribution >= 0.6 is 0 Å². The van der Waals surface area contributed by atoms with Gasteiger partial charge in [0.25, 0.3) is 0 Å². The highest BCUT2D eigenvalue weighted by Gasteiger charge is 2.07. The second-order valence-corrected chi connectivity index (χ2v) is 5.75. The Morgan fingerprint density at radius 1 is 1.21 bits per heavy atom. The minimum Gasteiger partial charge on any atom is -0.492 e. The molecule has 1 aromatic carbocycles. The standard InChI is InChI=1S/C19H26N4O/c1-15-7-9-17(10-8-15)24-13-12-23(4)19(20-3)22-14-18-16(2)6-5-11-21-18/h5-11H,12-14H2,1-4H3,(H,20,22). The van der Waals surface area contributed by atoms with Gasteiger partial charge in [0, 0.05) is 20.3 Å². The molecule has 5 nitrogen and oxygen atoms in total. The van der Waals surface area contributed by atoms with E-state index >= 15 is 0 Å². The summed E-state index contributed by atoms with van der Waals surface area (Å²) in [5.41, 5.74) is 3.43. The summed E-state index contributed by atoms with van der Waals surface area (Å²) < 4.78 is 5.77. The van der Waals surface area contributed by atoms with Gasteiger partial charge in [0.2, 0.25) is 0 Å². The summed E-state index contributed by atoms with van der Waals surface area (Å²) in [4.78, 5) is 10.8. The van der Waals surface area contributed by atoms with Gasteiger partial charge in [-0.1, -0.05) is 23.8 Å². The highest BCUT2D eigenvalue weighted by atomic mass is 16.5. The smallest absolute Gasteiger partial charge is 0.193 e. The van der Waals surface area contributed by atoms with Gasteiger partial charge in [0.05, 0.1) is 18.8 Å². The number of nitrogens with one attached hydrogen (secondary N) is 1. The SMILES string of the molecule is CN=C(NCc1ncccc1C)N(C)CCOc1ccc(C)cc1. The number of aliphatic imine (C=N–C) groups is 1. The predicted molar refractivity (Wildman–Crippen MR) is 98.5 cm³/mol. The Morgan fingerprint density at radius 3 is 2.62 bits per heavy atom. The van der Waals surface area contributed by atoms with Crippen molar-refractivity contribution < 1.29 is 4.74 Å². The number of benzene rings is 1. The van der Waals surface area contributed by atoms with Crippen molar-refractivity contribution in [2.45, 2.75) is 20.4 Å². The van der Waals surface area contributed by atoms with Crippen molar-refractivity contribution in [1.29, 1.82) is 0 Å². The Hall–Kier alpha value is -2.56. The Morgan fingerprint density at radius 2 is 1.96 bits per heavy atom. The van der Waals surface area contributed by atoms with E-state index in [1.54, 1.807) is 7.05 Å². The number of pyridine rings is 1. The molecule has 24 heavy (non-hydrogen) atoms. The molecule has 0 aliphatic rings. The molecular formula is C19H26N4O. The van der Waals surface area contributed by atoms with Crippen LogP contribution in [0.2, 0.25) is 0 Å². The van der Waals surface area contributed by atoms with Crippen LogP contribution in [0.15, 0.2) is 47.6 Å². The average Bonchev–Trinajstić information content (AvgIpc) is 2.59. The third-order valence-corrected chi connectivity index (χ3v) is 3.82. The fourth-order valence-corrected chi connectivity index (χ4v) is 2.29. The van der Waals surface area contributed by atoms with E-state index in [0.717, 1.165) is 23.9 Å². The van der Waals surface area contributed by atoms with E-state index in [2.05, 4.69) is 47.3 Å². The highest BCUT2D eigenvalue weighted by molar-refractivity contribution is 5.79. The summed E-state index contributed by atoms with van der Waals surface area (Å²) in [6, 6.07) is 12.1. The van der Waals surface area contributed by atoms with Crippen molar-refractivity contribution >= 4 is 5.96 Å². The normalized spacial score (nSPS) is 11.2. The number of aromatic nitrogens is 1. The first-order chi connectivity index (χ1) is 11.6. The van der Waals surface area contributed by atoms with Crippen LogP contribution in [0.4, 0.5) is 0 Å². The van der Waals surface area contributed by atoms with E-state index in [9.17, 15) is 0 Å². The maximum Gasteiger partial charge on any atom is 0.193 e. The van der Waals surface area contributed by atoms with Crippen LogP contribution in [0, 0.1) is 13.8 Å². The molecule has 0 saturated carbocycles. The van der Waals surface area contributed by atoms with Crippen molar-refractivity contribution in [2.24, 2.45) is 4.99 Å². The molecule has 0 radical (unpaired) electrons. The second kappa shape index (κ2) is 8.91. The second-order valence-electron chi connectivity index (χ2n) is 5.75. The molecule has 0 spiro atoms. The topological polar surface area (TPSA) is 49.8 Å². The van der Waals surface area contributed by atoms with Gasteiger partial charge < -0.3 is 15.0 Å². The molecule has 0 aliphatic heterocycles. The largest absolute Gasteiger partial charge is 0.492 e. The fraction of sp³-hybridized carbons (Fsp3) is 0.368. The fourth-order valence-electron chi connectivity index (χ4n) is 2.29. The van der Waals surface area contributed by atoms with Crippen LogP contribution in [0.3, 0.4) is 0 Å². The molecule has 1 N–H and O–H groups in total. The number of aryl methyl sites for hydroxylation is 2. The Bertz CT molecular complexity index is 667. The quantitative estimate of drug-likeness (QED) is 0.655. The number of hydrogen-bond acceptors (Lipinski definition) is 3. The summed E-state index contributed by atoms with van der Waals surface area (Å²) in [6.45, 7) is 6.13. The van der Waals surface area contributed by atoms with Gasteiger partial charge in [0.15, 0.2) is 5.96 Å². The minimum atomic E-state index is 0.600. The zero-order valence-corrected chi connectivity index (χ0v) is 14.9. The van der Waals surface area contributed by atoms with Crippen LogP contribution < -0.4 is 10.1 Å². The molecule has 5 heteroatoms. The number of rotatable bonds is 6. The van der Waals surface area contributed by atoms with Gasteiger partial charge in [0.1, 0.15) is 12.4 Å². The third-order valence-electron chi connectivity index (χ3n) is 3.82. The summed E-state index contributed by atoms with van der Waals surface area (Å²) in [6.07, 6.45) is 1.81. The molecular weight excluding hydrogens is 300 g/mol. The van der Waals surface area contributed by atoms with Gasteiger partial charge in [-0.15, -0.1) is 0 Å². The Labute approximate surface area is 144 Å². The molecule has 0 unspecified atom stereocenters.